The summed E-state index contributed by atoms with van der Waals surface area (Å²) in [5.74, 6) is 0. The van der Waals surface area contributed by atoms with Crippen LogP contribution in [0.15, 0.2) is 75.0 Å². The van der Waals surface area contributed by atoms with Gasteiger partial charge in [-0.1, -0.05) is 75.0 Å². The molecule has 3 heterocycles. The van der Waals surface area contributed by atoms with Gasteiger partial charge in [-0.05, 0) is 59.2 Å². The monoisotopic (exact) mass is 488 g/mol. The third kappa shape index (κ3) is 2.96. The van der Waals surface area contributed by atoms with Crippen molar-refractivity contribution < 1.29 is 8.98 Å². The van der Waals surface area contributed by atoms with Gasteiger partial charge in [0.2, 0.25) is 5.69 Å². The molecule has 0 unspecified atom stereocenters. The molecule has 0 N–H and O–H groups in total. The van der Waals surface area contributed by atoms with Crippen molar-refractivity contribution in [3.63, 3.8) is 0 Å². The molecule has 0 fully saturated rings. The van der Waals surface area contributed by atoms with Crippen LogP contribution in [0, 0.1) is 19.3 Å². The second-order valence-electron chi connectivity index (χ2n) is 11.5. The van der Waals surface area contributed by atoms with Gasteiger partial charge in [0.05, 0.1) is 10.9 Å². The van der Waals surface area contributed by atoms with Gasteiger partial charge in [0.25, 0.3) is 0 Å². The maximum absolute atomic E-state index is 6.67. The van der Waals surface area contributed by atoms with Gasteiger partial charge in [0.1, 0.15) is 18.2 Å². The molecule has 178 valence electrons. The zero-order chi connectivity index (χ0) is 24.9. The summed E-state index contributed by atoms with van der Waals surface area (Å²) in [5, 5.41) is 7.77. The fourth-order valence-electron chi connectivity index (χ4n) is 6.24. The van der Waals surface area contributed by atoms with Crippen molar-refractivity contribution in [3.8, 4) is 11.3 Å². The molecule has 0 spiro atoms. The summed E-state index contributed by atoms with van der Waals surface area (Å²) in [5.41, 5.74) is 8.90. The van der Waals surface area contributed by atoms with E-state index < -0.39 is 0 Å². The lowest BCUT2D eigenvalue weighted by Gasteiger charge is -2.23. The van der Waals surface area contributed by atoms with E-state index in [4.69, 9.17) is 4.42 Å². The second kappa shape index (κ2) is 7.36. The molecule has 36 heavy (non-hydrogen) atoms. The zero-order valence-electron chi connectivity index (χ0n) is 21.7. The third-order valence-electron chi connectivity index (χ3n) is 7.77. The van der Waals surface area contributed by atoms with E-state index in [-0.39, 0.29) is 5.41 Å². The topological polar surface area (TPSA) is 17.0 Å². The molecule has 2 nitrogen and oxygen atoms in total. The first kappa shape index (κ1) is 21.9. The summed E-state index contributed by atoms with van der Waals surface area (Å²) < 4.78 is 8.98. The predicted molar refractivity (Wildman–Crippen MR) is 152 cm³/mol. The highest BCUT2D eigenvalue weighted by molar-refractivity contribution is 8.00. The van der Waals surface area contributed by atoms with Gasteiger partial charge in [-0.25, -0.2) is 4.57 Å². The molecule has 6 aromatic rings. The van der Waals surface area contributed by atoms with Crippen LogP contribution in [0.2, 0.25) is 0 Å². The molecule has 0 saturated carbocycles. The van der Waals surface area contributed by atoms with Gasteiger partial charge in [-0.15, -0.1) is 0 Å². The summed E-state index contributed by atoms with van der Waals surface area (Å²) in [6.07, 6.45) is 3.21. The molecule has 7 rings (SSSR count). The summed E-state index contributed by atoms with van der Waals surface area (Å²) >= 11 is 1.90. The Labute approximate surface area is 215 Å². The first-order valence-corrected chi connectivity index (χ1v) is 13.5. The minimum absolute atomic E-state index is 0.193. The average Bonchev–Trinajstić information content (AvgIpc) is 3.22. The molecule has 1 aliphatic rings. The van der Waals surface area contributed by atoms with Gasteiger partial charge in [0.15, 0.2) is 6.20 Å². The minimum atomic E-state index is 0.193. The maximum atomic E-state index is 6.67. The molecule has 3 heteroatoms. The van der Waals surface area contributed by atoms with Gasteiger partial charge in [-0.3, -0.25) is 0 Å². The van der Waals surface area contributed by atoms with Crippen molar-refractivity contribution in [2.24, 2.45) is 12.5 Å². The molecule has 0 aliphatic carbocycles. The molecule has 0 amide bonds. The van der Waals surface area contributed by atoms with Crippen molar-refractivity contribution in [1.82, 2.24) is 0 Å². The van der Waals surface area contributed by atoms with Crippen LogP contribution in [0.25, 0.3) is 54.7 Å². The van der Waals surface area contributed by atoms with E-state index in [9.17, 15) is 0 Å². The fourth-order valence-corrected chi connectivity index (χ4v) is 7.55. The van der Waals surface area contributed by atoms with Crippen molar-refractivity contribution in [1.29, 1.82) is 0 Å². The highest BCUT2D eigenvalue weighted by Crippen LogP contribution is 2.53. The minimum Gasteiger partial charge on any atom is -0.456 e. The Morgan fingerprint density at radius 1 is 0.833 bits per heavy atom. The Bertz CT molecular complexity index is 1900. The number of pyridine rings is 1. The molecular formula is C33H30NOS+. The van der Waals surface area contributed by atoms with E-state index in [1.165, 1.54) is 70.1 Å². The number of hydrogen-bond donors (Lipinski definition) is 0. The number of benzene rings is 4. The van der Waals surface area contributed by atoms with Crippen molar-refractivity contribution in [3.05, 3.63) is 77.5 Å². The largest absolute Gasteiger partial charge is 0.456 e. The lowest BCUT2D eigenvalue weighted by Crippen LogP contribution is -2.31. The summed E-state index contributed by atoms with van der Waals surface area (Å²) in [6.45, 7) is 11.4. The smallest absolute Gasteiger partial charge is 0.222 e. The first-order chi connectivity index (χ1) is 17.2. The summed E-state index contributed by atoms with van der Waals surface area (Å²) in [4.78, 5) is 2.65. The number of furan rings is 1. The fraction of sp³-hybridized carbons (Fsp3) is 0.242. The highest BCUT2D eigenvalue weighted by atomic mass is 32.2. The third-order valence-corrected chi connectivity index (χ3v) is 9.03. The SMILES string of the molecule is Cc1c2c(c(C)c3ccccc13)-c1c3c(cc4oc5c(CC(C)(C)C)cccc5c4c3cc[n+]1C)S2. The van der Waals surface area contributed by atoms with Crippen LogP contribution >= 0.6 is 11.8 Å². The normalized spacial score (nSPS) is 13.3. The Morgan fingerprint density at radius 2 is 1.56 bits per heavy atom. The Morgan fingerprint density at radius 3 is 2.31 bits per heavy atom. The quantitative estimate of drug-likeness (QED) is 0.214. The molecule has 1 aliphatic heterocycles. The number of hydrogen-bond acceptors (Lipinski definition) is 2. The van der Waals surface area contributed by atoms with Crippen LogP contribution in [0.4, 0.5) is 0 Å². The number of nitrogens with zero attached hydrogens (tertiary/aromatic N) is 1. The first-order valence-electron chi connectivity index (χ1n) is 12.7. The Balaban J connectivity index is 1.63. The second-order valence-corrected chi connectivity index (χ2v) is 12.6. The van der Waals surface area contributed by atoms with Crippen LogP contribution in [0.3, 0.4) is 0 Å². The van der Waals surface area contributed by atoms with E-state index >= 15 is 0 Å². The molecule has 0 bridgehead atoms. The number of aryl methyl sites for hydroxylation is 3. The van der Waals surface area contributed by atoms with Crippen LogP contribution in [0.1, 0.15) is 37.5 Å². The zero-order valence-corrected chi connectivity index (χ0v) is 22.6. The molecule has 4 aromatic carbocycles. The summed E-state index contributed by atoms with van der Waals surface area (Å²) in [7, 11) is 2.18. The van der Waals surface area contributed by atoms with E-state index in [1.54, 1.807) is 0 Å². The molecule has 2 aromatic heterocycles. The van der Waals surface area contributed by atoms with E-state index in [0.29, 0.717) is 0 Å². The number of fused-ring (bicyclic) bond motifs is 7. The van der Waals surface area contributed by atoms with Crippen LogP contribution < -0.4 is 4.57 Å². The average molecular weight is 489 g/mol. The Hall–Kier alpha value is -3.30. The molecule has 0 atom stereocenters. The van der Waals surface area contributed by atoms with Crippen molar-refractivity contribution >= 4 is 55.2 Å². The van der Waals surface area contributed by atoms with Crippen molar-refractivity contribution in [2.75, 3.05) is 0 Å². The van der Waals surface area contributed by atoms with E-state index in [0.717, 1.165) is 17.6 Å². The Kier molecular flexibility index (Phi) is 4.49. The number of para-hydroxylation sites is 1. The van der Waals surface area contributed by atoms with Gasteiger partial charge in [0, 0.05) is 32.0 Å². The predicted octanol–water partition coefficient (Wildman–Crippen LogP) is 9.05. The number of rotatable bonds is 1. The lowest BCUT2D eigenvalue weighted by molar-refractivity contribution is -0.659. The lowest BCUT2D eigenvalue weighted by atomic mass is 9.87. The van der Waals surface area contributed by atoms with Gasteiger partial charge in [-0.2, -0.15) is 0 Å². The standard InChI is InChI=1S/C33H30NOS/c1-18-21-11-7-8-12-22(21)19(2)32-27(18)30-29-23(14-15-34(30)6)28-24-13-9-10-20(17-33(3,4)5)31(24)35-25(28)16-26(29)36-32/h7-16H,17H2,1-6H3/q+1. The molecule has 0 saturated heterocycles. The van der Waals surface area contributed by atoms with E-state index in [1.807, 2.05) is 11.8 Å². The summed E-state index contributed by atoms with van der Waals surface area (Å²) in [6, 6.07) is 20.1. The van der Waals surface area contributed by atoms with Gasteiger partial charge < -0.3 is 4.42 Å². The molecular weight excluding hydrogens is 458 g/mol. The van der Waals surface area contributed by atoms with Gasteiger partial charge >= 0.3 is 0 Å². The van der Waals surface area contributed by atoms with Crippen LogP contribution in [0.5, 0.6) is 0 Å². The molecule has 0 radical (unpaired) electrons. The van der Waals surface area contributed by atoms with Crippen LogP contribution in [-0.4, -0.2) is 0 Å². The number of aromatic nitrogens is 1. The highest BCUT2D eigenvalue weighted by Gasteiger charge is 2.32. The van der Waals surface area contributed by atoms with Crippen LogP contribution in [-0.2, 0) is 13.5 Å². The maximum Gasteiger partial charge on any atom is 0.222 e. The van der Waals surface area contributed by atoms with Crippen molar-refractivity contribution in [2.45, 2.75) is 50.8 Å². The van der Waals surface area contributed by atoms with E-state index in [2.05, 4.69) is 107 Å².